The third kappa shape index (κ3) is 2.95. The van der Waals surface area contributed by atoms with Crippen LogP contribution in [0.25, 0.3) is 10.9 Å². The van der Waals surface area contributed by atoms with Gasteiger partial charge in [0.05, 0.1) is 0 Å². The van der Waals surface area contributed by atoms with Crippen LogP contribution in [0.3, 0.4) is 0 Å². The summed E-state index contributed by atoms with van der Waals surface area (Å²) in [5.41, 5.74) is 4.15. The van der Waals surface area contributed by atoms with E-state index in [4.69, 9.17) is 0 Å². The Kier molecular flexibility index (Phi) is 5.59. The first-order valence-corrected chi connectivity index (χ1v) is 7.26. The summed E-state index contributed by atoms with van der Waals surface area (Å²) in [7, 11) is 2.05. The third-order valence-corrected chi connectivity index (χ3v) is 4.53. The molecule has 3 aromatic rings. The quantitative estimate of drug-likeness (QED) is 0.693. The first-order valence-electron chi connectivity index (χ1n) is 7.26. The SMILES string of the molecule is Cn1c2c(c3ccccc31)C(=O)C(Cc1[c-]nc[nH]1)CC2.[CH3-].[Y+3]. The number of Topliss-reactive ketones (excluding diaryl/α,β-unsaturated/α-hetero) is 1. The summed E-state index contributed by atoms with van der Waals surface area (Å²) in [6.07, 6.45) is 7.06. The van der Waals surface area contributed by atoms with Gasteiger partial charge in [0.25, 0.3) is 0 Å². The number of ketones is 1. The molecule has 1 atom stereocenters. The fourth-order valence-corrected chi connectivity index (χ4v) is 3.46. The van der Waals surface area contributed by atoms with Crippen LogP contribution in [-0.2, 0) is 52.6 Å². The number of imidazole rings is 1. The van der Waals surface area contributed by atoms with Gasteiger partial charge in [0.15, 0.2) is 5.78 Å². The van der Waals surface area contributed by atoms with Gasteiger partial charge in [-0.25, -0.2) is 0 Å². The van der Waals surface area contributed by atoms with E-state index in [0.29, 0.717) is 6.42 Å². The van der Waals surface area contributed by atoms with Crippen molar-refractivity contribution in [2.24, 2.45) is 13.0 Å². The molecule has 1 unspecified atom stereocenters. The second kappa shape index (κ2) is 7.10. The molecule has 0 spiro atoms. The minimum Gasteiger partial charge on any atom is -0.442 e. The van der Waals surface area contributed by atoms with Crippen molar-refractivity contribution in [2.45, 2.75) is 19.3 Å². The predicted octanol–water partition coefficient (Wildman–Crippen LogP) is 3.14. The molecule has 114 valence electrons. The molecule has 1 N–H and O–H groups in total. The Labute approximate surface area is 161 Å². The summed E-state index contributed by atoms with van der Waals surface area (Å²) in [6, 6.07) is 8.16. The van der Waals surface area contributed by atoms with Crippen molar-refractivity contribution in [3.05, 3.63) is 61.2 Å². The van der Waals surface area contributed by atoms with Crippen LogP contribution in [0.5, 0.6) is 0 Å². The number of rotatable bonds is 2. The Bertz CT molecular complexity index is 820. The number of hydrogen-bond acceptors (Lipinski definition) is 2. The van der Waals surface area contributed by atoms with Crippen LogP contribution in [0.2, 0.25) is 0 Å². The number of aromatic nitrogens is 3. The number of hydrogen-bond donors (Lipinski definition) is 1. The summed E-state index contributed by atoms with van der Waals surface area (Å²) in [4.78, 5) is 19.9. The summed E-state index contributed by atoms with van der Waals surface area (Å²) >= 11 is 0. The summed E-state index contributed by atoms with van der Waals surface area (Å²) in [6.45, 7) is 0. The second-order valence-corrected chi connectivity index (χ2v) is 5.69. The fraction of sp³-hybridized carbons (Fsp3) is 0.278. The first kappa shape index (κ1) is 18.1. The molecule has 0 fully saturated rings. The number of H-pyrrole nitrogens is 1. The number of nitrogens with one attached hydrogen (secondary N) is 1. The maximum atomic E-state index is 12.9. The zero-order chi connectivity index (χ0) is 14.4. The number of benzene rings is 1. The molecular weight excluding hydrogens is 363 g/mol. The number of carbonyl (C=O) groups is 1. The maximum absolute atomic E-state index is 12.9. The Morgan fingerprint density at radius 3 is 2.91 bits per heavy atom. The van der Waals surface area contributed by atoms with E-state index in [2.05, 4.69) is 39.9 Å². The monoisotopic (exact) mass is 382 g/mol. The zero-order valence-corrected chi connectivity index (χ0v) is 16.3. The predicted molar refractivity (Wildman–Crippen MR) is 86.6 cm³/mol. The zero-order valence-electron chi connectivity index (χ0n) is 13.5. The number of aromatic amines is 1. The van der Waals surface area contributed by atoms with Crippen LogP contribution in [0.15, 0.2) is 30.6 Å². The average Bonchev–Trinajstić information content (AvgIpc) is 3.10. The molecular formula is C18H19N3OY+. The van der Waals surface area contributed by atoms with Crippen LogP contribution in [0, 0.1) is 19.5 Å². The van der Waals surface area contributed by atoms with Crippen molar-refractivity contribution in [3.63, 3.8) is 0 Å². The van der Waals surface area contributed by atoms with Gasteiger partial charge in [-0.3, -0.25) is 4.79 Å². The van der Waals surface area contributed by atoms with E-state index in [-0.39, 0.29) is 51.8 Å². The molecule has 5 heteroatoms. The molecule has 1 aliphatic rings. The van der Waals surface area contributed by atoms with Gasteiger partial charge < -0.3 is 22.0 Å². The Morgan fingerprint density at radius 1 is 1.39 bits per heavy atom. The van der Waals surface area contributed by atoms with Gasteiger partial charge in [-0.15, -0.1) is 6.20 Å². The molecule has 2 heterocycles. The Morgan fingerprint density at radius 2 is 2.17 bits per heavy atom. The first-order chi connectivity index (χ1) is 10.3. The van der Waals surface area contributed by atoms with Gasteiger partial charge in [-0.1, -0.05) is 30.2 Å². The van der Waals surface area contributed by atoms with Crippen LogP contribution in [0.4, 0.5) is 0 Å². The van der Waals surface area contributed by atoms with Crippen molar-refractivity contribution in [3.8, 4) is 0 Å². The van der Waals surface area contributed by atoms with E-state index in [1.807, 2.05) is 12.1 Å². The summed E-state index contributed by atoms with van der Waals surface area (Å²) in [5, 5.41) is 1.08. The van der Waals surface area contributed by atoms with Gasteiger partial charge in [0.2, 0.25) is 0 Å². The van der Waals surface area contributed by atoms with Gasteiger partial charge in [0.1, 0.15) is 0 Å². The standard InChI is InChI=1S/C17H16N3O.CH3.Y/c1-20-14-5-3-2-4-13(14)16-15(20)7-6-11(17(16)21)8-12-9-18-10-19-12;;/h2-5,10-11H,6-8H2,1H3,(H,18,19);1H3;/q2*-1;+3. The number of para-hydroxylation sites is 1. The molecule has 0 bridgehead atoms. The van der Waals surface area contributed by atoms with Crippen LogP contribution >= 0.6 is 0 Å². The van der Waals surface area contributed by atoms with Crippen LogP contribution < -0.4 is 0 Å². The van der Waals surface area contributed by atoms with Crippen LogP contribution in [0.1, 0.15) is 28.2 Å². The third-order valence-electron chi connectivity index (χ3n) is 4.53. The normalized spacial score (nSPS) is 16.6. The molecule has 23 heavy (non-hydrogen) atoms. The van der Waals surface area contributed by atoms with E-state index in [9.17, 15) is 4.79 Å². The number of carbonyl (C=O) groups excluding carboxylic acids is 1. The molecule has 1 aliphatic carbocycles. The second-order valence-electron chi connectivity index (χ2n) is 5.69. The van der Waals surface area contributed by atoms with Gasteiger partial charge in [0, 0.05) is 35.1 Å². The summed E-state index contributed by atoms with van der Waals surface area (Å²) < 4.78 is 2.17. The molecule has 0 radical (unpaired) electrons. The number of nitrogens with zero attached hydrogens (tertiary/aromatic N) is 2. The van der Waals surface area contributed by atoms with Gasteiger partial charge >= 0.3 is 32.7 Å². The average molecular weight is 382 g/mol. The minimum absolute atomic E-state index is 0. The molecule has 1 aromatic carbocycles. The van der Waals surface area contributed by atoms with Crippen molar-refractivity contribution >= 4 is 16.7 Å². The molecule has 0 aliphatic heterocycles. The van der Waals surface area contributed by atoms with Crippen molar-refractivity contribution in [2.75, 3.05) is 0 Å². The maximum Gasteiger partial charge on any atom is 3.00 e. The van der Waals surface area contributed by atoms with E-state index >= 15 is 0 Å². The van der Waals surface area contributed by atoms with Crippen molar-refractivity contribution in [1.82, 2.24) is 14.5 Å². The molecule has 4 nitrogen and oxygen atoms in total. The fourth-order valence-electron chi connectivity index (χ4n) is 3.46. The Balaban J connectivity index is 0.000000960. The number of fused-ring (bicyclic) bond motifs is 3. The largest absolute Gasteiger partial charge is 3.00 e. The van der Waals surface area contributed by atoms with E-state index in [1.54, 1.807) is 6.33 Å². The smallest absolute Gasteiger partial charge is 0.442 e. The van der Waals surface area contributed by atoms with Crippen molar-refractivity contribution < 1.29 is 37.5 Å². The van der Waals surface area contributed by atoms with E-state index in [0.717, 1.165) is 35.0 Å². The number of aryl methyl sites for hydroxylation is 1. The molecule has 2 aromatic heterocycles. The van der Waals surface area contributed by atoms with Crippen molar-refractivity contribution in [1.29, 1.82) is 0 Å². The molecule has 0 saturated carbocycles. The van der Waals surface area contributed by atoms with Crippen LogP contribution in [-0.4, -0.2) is 20.3 Å². The summed E-state index contributed by atoms with van der Waals surface area (Å²) in [5.74, 6) is 0.288. The topological polar surface area (TPSA) is 50.7 Å². The van der Waals surface area contributed by atoms with E-state index in [1.165, 1.54) is 5.69 Å². The minimum atomic E-state index is 0. The molecule has 4 rings (SSSR count). The molecule has 0 amide bonds. The molecule has 0 saturated heterocycles. The van der Waals surface area contributed by atoms with Gasteiger partial charge in [-0.2, -0.15) is 0 Å². The Hall–Kier alpha value is -1.26. The van der Waals surface area contributed by atoms with Gasteiger partial charge in [-0.05, 0) is 25.3 Å². The van der Waals surface area contributed by atoms with E-state index < -0.39 is 0 Å².